The average molecular weight is 283 g/mol. The lowest BCUT2D eigenvalue weighted by molar-refractivity contribution is -0.481. The van der Waals surface area contributed by atoms with Crippen LogP contribution in [0.3, 0.4) is 0 Å². The van der Waals surface area contributed by atoms with Crippen LogP contribution in [0, 0.1) is 4.91 Å². The predicted molar refractivity (Wildman–Crippen MR) is 81.8 cm³/mol. The van der Waals surface area contributed by atoms with Gasteiger partial charge in [0.15, 0.2) is 0 Å². The largest absolute Gasteiger partial charge is 0.390 e. The number of anilines is 1. The second kappa shape index (κ2) is 4.98. The number of nitrogens with one attached hydrogen (secondary N) is 1. The van der Waals surface area contributed by atoms with Gasteiger partial charge >= 0.3 is 0 Å². The lowest BCUT2D eigenvalue weighted by Crippen LogP contribution is -2.29. The number of hydrogen-bond donors (Lipinski definition) is 1. The maximum absolute atomic E-state index is 12.5. The molecule has 0 aromatic carbocycles. The van der Waals surface area contributed by atoms with Crippen LogP contribution in [0.4, 0.5) is 5.82 Å². The lowest BCUT2D eigenvalue weighted by atomic mass is 10.1. The molecule has 1 atom stereocenters. The van der Waals surface area contributed by atoms with Crippen LogP contribution in [0.15, 0.2) is 36.2 Å². The molecule has 4 rings (SSSR count). The van der Waals surface area contributed by atoms with Crippen molar-refractivity contribution >= 4 is 11.5 Å². The van der Waals surface area contributed by atoms with E-state index >= 15 is 0 Å². The quantitative estimate of drug-likeness (QED) is 0.844. The number of nitrogens with zero attached hydrogens (tertiary/aromatic N) is 3. The van der Waals surface area contributed by atoms with Gasteiger partial charge in [0.25, 0.3) is 5.70 Å². The van der Waals surface area contributed by atoms with Crippen molar-refractivity contribution in [3.05, 3.63) is 46.6 Å². The summed E-state index contributed by atoms with van der Waals surface area (Å²) in [6, 6.07) is 3.96. The highest BCUT2D eigenvalue weighted by molar-refractivity contribution is 5.67. The number of hydrogen-bond acceptors (Lipinski definition) is 4. The smallest absolute Gasteiger partial charge is 0.264 e. The topological polar surface area (TPSA) is 48.2 Å². The molecule has 0 spiro atoms. The van der Waals surface area contributed by atoms with Crippen LogP contribution in [-0.4, -0.2) is 35.4 Å². The fourth-order valence-electron chi connectivity index (χ4n) is 3.36. The molecule has 5 heteroatoms. The Bertz CT molecular complexity index is 643. The van der Waals surface area contributed by atoms with E-state index in [-0.39, 0.29) is 6.04 Å². The molecule has 0 bridgehead atoms. The molecule has 1 saturated heterocycles. The first-order chi connectivity index (χ1) is 10.3. The monoisotopic (exact) mass is 283 g/mol. The molecule has 0 aliphatic carbocycles. The Hall–Kier alpha value is -2.17. The van der Waals surface area contributed by atoms with Crippen LogP contribution in [0.2, 0.25) is 0 Å². The number of aromatic nitrogens is 1. The molecule has 4 heterocycles. The van der Waals surface area contributed by atoms with Gasteiger partial charge in [0, 0.05) is 59.8 Å². The van der Waals surface area contributed by atoms with E-state index in [9.17, 15) is 4.91 Å². The first kappa shape index (κ1) is 12.6. The Morgan fingerprint density at radius 2 is 2.19 bits per heavy atom. The molecular formula is C16H19N4O+. The Labute approximate surface area is 123 Å². The van der Waals surface area contributed by atoms with E-state index in [0.717, 1.165) is 53.5 Å². The molecule has 0 amide bonds. The summed E-state index contributed by atoms with van der Waals surface area (Å²) in [7, 11) is 0. The number of fused-ring (bicyclic) bond motifs is 1. The molecule has 1 unspecified atom stereocenters. The summed E-state index contributed by atoms with van der Waals surface area (Å²) in [5.74, 6) is 0.987. The highest BCUT2D eigenvalue weighted by Gasteiger charge is 2.41. The van der Waals surface area contributed by atoms with Gasteiger partial charge < -0.3 is 10.2 Å². The summed E-state index contributed by atoms with van der Waals surface area (Å²) in [4.78, 5) is 19.3. The van der Waals surface area contributed by atoms with Gasteiger partial charge in [-0.25, -0.2) is 4.98 Å². The van der Waals surface area contributed by atoms with Crippen molar-refractivity contribution in [2.75, 3.05) is 24.5 Å². The average Bonchev–Trinajstić information content (AvgIpc) is 3.16. The predicted octanol–water partition coefficient (Wildman–Crippen LogP) is 2.06. The van der Waals surface area contributed by atoms with E-state index < -0.39 is 0 Å². The molecule has 108 valence electrons. The summed E-state index contributed by atoms with van der Waals surface area (Å²) >= 11 is 0. The Kier molecular flexibility index (Phi) is 2.98. The Morgan fingerprint density at radius 1 is 1.33 bits per heavy atom. The van der Waals surface area contributed by atoms with Crippen molar-refractivity contribution in [2.45, 2.75) is 25.3 Å². The first-order valence-corrected chi connectivity index (χ1v) is 7.66. The molecule has 1 fully saturated rings. The van der Waals surface area contributed by atoms with Crippen molar-refractivity contribution in [3.8, 4) is 0 Å². The fraction of sp³-hybridized carbons (Fsp3) is 0.438. The summed E-state index contributed by atoms with van der Waals surface area (Å²) in [5.41, 5.74) is 2.82. The van der Waals surface area contributed by atoms with Gasteiger partial charge in [-0.2, -0.15) is 0 Å². The van der Waals surface area contributed by atoms with Crippen molar-refractivity contribution in [3.63, 3.8) is 0 Å². The summed E-state index contributed by atoms with van der Waals surface area (Å²) in [6.45, 7) is 2.99. The molecule has 3 aliphatic rings. The molecule has 3 aliphatic heterocycles. The molecule has 1 aromatic rings. The maximum Gasteiger partial charge on any atom is 0.264 e. The minimum Gasteiger partial charge on any atom is -0.390 e. The van der Waals surface area contributed by atoms with E-state index in [2.05, 4.69) is 15.2 Å². The standard InChI is InChI=1S/C16H19N4O/c21-20-14-4-5-17-11-13(14)9-15(20)12-3-6-18-16(10-12)19-7-1-2-8-19/h3,6,9-11,14,17H,1-2,4-5,7-8H2/q+1. The fourth-order valence-corrected chi connectivity index (χ4v) is 3.36. The minimum absolute atomic E-state index is 0.0235. The van der Waals surface area contributed by atoms with Crippen LogP contribution >= 0.6 is 0 Å². The SMILES string of the molecule is O=[N+]1C(c2ccnc(N3CCCC3)c2)=CC2=CNCCC21. The highest BCUT2D eigenvalue weighted by atomic mass is 16.3. The third kappa shape index (κ3) is 2.13. The lowest BCUT2D eigenvalue weighted by Gasteiger charge is -2.16. The molecule has 21 heavy (non-hydrogen) atoms. The third-order valence-corrected chi connectivity index (χ3v) is 4.51. The van der Waals surface area contributed by atoms with Gasteiger partial charge in [0.1, 0.15) is 5.82 Å². The van der Waals surface area contributed by atoms with Gasteiger partial charge in [0.2, 0.25) is 6.04 Å². The van der Waals surface area contributed by atoms with Crippen LogP contribution in [0.5, 0.6) is 0 Å². The zero-order valence-electron chi connectivity index (χ0n) is 12.0. The van der Waals surface area contributed by atoms with Crippen molar-refractivity contribution < 1.29 is 4.76 Å². The van der Waals surface area contributed by atoms with Crippen LogP contribution in [0.1, 0.15) is 24.8 Å². The summed E-state index contributed by atoms with van der Waals surface area (Å²) in [6.07, 6.45) is 9.10. The molecule has 0 radical (unpaired) electrons. The van der Waals surface area contributed by atoms with E-state index in [1.165, 1.54) is 12.8 Å². The number of rotatable bonds is 2. The Morgan fingerprint density at radius 3 is 3.00 bits per heavy atom. The van der Waals surface area contributed by atoms with Crippen LogP contribution in [-0.2, 0) is 0 Å². The summed E-state index contributed by atoms with van der Waals surface area (Å²) in [5, 5.41) is 3.21. The minimum atomic E-state index is -0.0235. The maximum atomic E-state index is 12.5. The second-order valence-electron chi connectivity index (χ2n) is 5.86. The van der Waals surface area contributed by atoms with Crippen molar-refractivity contribution in [2.24, 2.45) is 0 Å². The number of nitroso groups, excluding NO2 is 1. The van der Waals surface area contributed by atoms with Gasteiger partial charge in [-0.15, -0.1) is 0 Å². The van der Waals surface area contributed by atoms with E-state index in [1.807, 2.05) is 30.6 Å². The zero-order valence-corrected chi connectivity index (χ0v) is 12.0. The molecule has 0 saturated carbocycles. The van der Waals surface area contributed by atoms with Crippen molar-refractivity contribution in [1.29, 1.82) is 0 Å². The molecule has 5 nitrogen and oxygen atoms in total. The van der Waals surface area contributed by atoms with Crippen LogP contribution in [0.25, 0.3) is 5.70 Å². The number of pyridine rings is 1. The van der Waals surface area contributed by atoms with Gasteiger partial charge in [-0.3, -0.25) is 0 Å². The zero-order chi connectivity index (χ0) is 14.2. The Balaban J connectivity index is 1.67. The molecular weight excluding hydrogens is 264 g/mol. The van der Waals surface area contributed by atoms with E-state index in [0.29, 0.717) is 0 Å². The molecule has 1 N–H and O–H groups in total. The van der Waals surface area contributed by atoms with Gasteiger partial charge in [0.05, 0.1) is 5.56 Å². The first-order valence-electron chi connectivity index (χ1n) is 7.66. The van der Waals surface area contributed by atoms with E-state index in [4.69, 9.17) is 0 Å². The normalized spacial score (nSPS) is 24.5. The van der Waals surface area contributed by atoms with Gasteiger partial charge in [-0.1, -0.05) is 0 Å². The van der Waals surface area contributed by atoms with Crippen molar-refractivity contribution in [1.82, 2.24) is 10.3 Å². The highest BCUT2D eigenvalue weighted by Crippen LogP contribution is 2.33. The molecule has 1 aromatic heterocycles. The summed E-state index contributed by atoms with van der Waals surface area (Å²) < 4.78 is 1.16. The second-order valence-corrected chi connectivity index (χ2v) is 5.86. The van der Waals surface area contributed by atoms with Crippen LogP contribution < -0.4 is 10.2 Å². The van der Waals surface area contributed by atoms with E-state index in [1.54, 1.807) is 0 Å². The van der Waals surface area contributed by atoms with Gasteiger partial charge in [-0.05, 0) is 25.0 Å². The third-order valence-electron chi connectivity index (χ3n) is 4.51.